The van der Waals surface area contributed by atoms with Gasteiger partial charge in [0.15, 0.2) is 6.10 Å². The average Bonchev–Trinajstić information content (AvgIpc) is 2.99. The van der Waals surface area contributed by atoms with E-state index in [-0.39, 0.29) is 18.7 Å². The third-order valence-electron chi connectivity index (χ3n) is 4.03. The molecule has 0 unspecified atom stereocenters. The van der Waals surface area contributed by atoms with Crippen LogP contribution in [-0.4, -0.2) is 53.0 Å². The van der Waals surface area contributed by atoms with Crippen molar-refractivity contribution in [3.8, 4) is 0 Å². The number of carbonyl (C=O) groups excluding carboxylic acids is 1. The van der Waals surface area contributed by atoms with Gasteiger partial charge in [0.1, 0.15) is 5.60 Å². The van der Waals surface area contributed by atoms with Crippen molar-refractivity contribution >= 4 is 12.1 Å². The molecule has 0 radical (unpaired) electrons. The Hall–Kier alpha value is -2.08. The maximum Gasteiger partial charge on any atom is 0.410 e. The van der Waals surface area contributed by atoms with Gasteiger partial charge < -0.3 is 19.5 Å². The van der Waals surface area contributed by atoms with Crippen molar-refractivity contribution in [2.75, 3.05) is 13.2 Å². The molecular weight excluding hydrogens is 322 g/mol. The van der Waals surface area contributed by atoms with Gasteiger partial charge in [-0.15, -0.1) is 0 Å². The van der Waals surface area contributed by atoms with Crippen molar-refractivity contribution in [1.29, 1.82) is 0 Å². The van der Waals surface area contributed by atoms with Crippen LogP contribution in [0, 0.1) is 0 Å². The SMILES string of the molecule is CC(C)(C)OC(=O)N1CCC[C@H]1CO[C@H](Cc1ccccc1)C(=O)O. The number of hydrogen-bond donors (Lipinski definition) is 1. The quantitative estimate of drug-likeness (QED) is 0.854. The summed E-state index contributed by atoms with van der Waals surface area (Å²) in [6.07, 6.45) is 0.660. The van der Waals surface area contributed by atoms with E-state index in [0.717, 1.165) is 18.4 Å². The zero-order valence-corrected chi connectivity index (χ0v) is 15.1. The molecule has 1 amide bonds. The number of amides is 1. The zero-order valence-electron chi connectivity index (χ0n) is 15.1. The highest BCUT2D eigenvalue weighted by Crippen LogP contribution is 2.21. The number of carboxylic acid groups (broad SMARTS) is 1. The Kier molecular flexibility index (Phi) is 6.42. The van der Waals surface area contributed by atoms with Crippen LogP contribution in [0.5, 0.6) is 0 Å². The van der Waals surface area contributed by atoms with Gasteiger partial charge in [0, 0.05) is 13.0 Å². The smallest absolute Gasteiger partial charge is 0.410 e. The van der Waals surface area contributed by atoms with E-state index in [1.165, 1.54) is 0 Å². The second-order valence-electron chi connectivity index (χ2n) is 7.32. The second kappa shape index (κ2) is 8.34. The molecule has 25 heavy (non-hydrogen) atoms. The van der Waals surface area contributed by atoms with Crippen LogP contribution in [0.4, 0.5) is 4.79 Å². The Labute approximate surface area is 148 Å². The molecule has 0 aliphatic carbocycles. The van der Waals surface area contributed by atoms with Gasteiger partial charge in [-0.25, -0.2) is 9.59 Å². The van der Waals surface area contributed by atoms with E-state index in [9.17, 15) is 14.7 Å². The van der Waals surface area contributed by atoms with E-state index in [1.807, 2.05) is 51.1 Å². The Morgan fingerprint density at radius 3 is 2.56 bits per heavy atom. The Morgan fingerprint density at radius 1 is 1.28 bits per heavy atom. The molecule has 138 valence electrons. The van der Waals surface area contributed by atoms with Crippen LogP contribution < -0.4 is 0 Å². The van der Waals surface area contributed by atoms with Crippen molar-refractivity contribution in [3.05, 3.63) is 35.9 Å². The summed E-state index contributed by atoms with van der Waals surface area (Å²) in [5.74, 6) is -0.995. The van der Waals surface area contributed by atoms with Gasteiger partial charge in [0.25, 0.3) is 0 Å². The molecule has 0 spiro atoms. The molecule has 1 aromatic carbocycles. The van der Waals surface area contributed by atoms with Gasteiger partial charge in [0.05, 0.1) is 12.6 Å². The van der Waals surface area contributed by atoms with Gasteiger partial charge in [-0.1, -0.05) is 30.3 Å². The summed E-state index contributed by atoms with van der Waals surface area (Å²) in [7, 11) is 0. The minimum atomic E-state index is -0.995. The summed E-state index contributed by atoms with van der Waals surface area (Å²) in [4.78, 5) is 25.4. The number of rotatable bonds is 6. The molecular formula is C19H27NO5. The average molecular weight is 349 g/mol. The standard InChI is InChI=1S/C19H27NO5/c1-19(2,3)25-18(23)20-11-7-10-15(20)13-24-16(17(21)22)12-14-8-5-4-6-9-14/h4-6,8-9,15-16H,7,10-13H2,1-3H3,(H,21,22)/t15-,16+/m0/s1. The Bertz CT molecular complexity index is 581. The lowest BCUT2D eigenvalue weighted by Crippen LogP contribution is -2.43. The summed E-state index contributed by atoms with van der Waals surface area (Å²) in [6, 6.07) is 9.24. The number of likely N-dealkylation sites (tertiary alicyclic amines) is 1. The Balaban J connectivity index is 1.92. The first kappa shape index (κ1) is 19.2. The van der Waals surface area contributed by atoms with Gasteiger partial charge in [-0.2, -0.15) is 0 Å². The monoisotopic (exact) mass is 349 g/mol. The summed E-state index contributed by atoms with van der Waals surface area (Å²) in [5.41, 5.74) is 0.354. The van der Waals surface area contributed by atoms with Gasteiger partial charge in [-0.3, -0.25) is 0 Å². The lowest BCUT2D eigenvalue weighted by Gasteiger charge is -2.29. The number of benzene rings is 1. The lowest BCUT2D eigenvalue weighted by atomic mass is 10.1. The van der Waals surface area contributed by atoms with Crippen LogP contribution in [0.15, 0.2) is 30.3 Å². The molecule has 2 atom stereocenters. The highest BCUT2D eigenvalue weighted by molar-refractivity contribution is 5.72. The van der Waals surface area contributed by atoms with Crippen LogP contribution in [0.2, 0.25) is 0 Å². The molecule has 1 saturated heterocycles. The van der Waals surface area contributed by atoms with Crippen LogP contribution in [-0.2, 0) is 20.7 Å². The maximum absolute atomic E-state index is 12.3. The zero-order chi connectivity index (χ0) is 18.4. The maximum atomic E-state index is 12.3. The van der Waals surface area contributed by atoms with Crippen molar-refractivity contribution < 1.29 is 24.2 Å². The minimum absolute atomic E-state index is 0.146. The van der Waals surface area contributed by atoms with Crippen LogP contribution in [0.3, 0.4) is 0 Å². The molecule has 6 heteroatoms. The van der Waals surface area contributed by atoms with E-state index in [0.29, 0.717) is 13.0 Å². The van der Waals surface area contributed by atoms with Gasteiger partial charge >= 0.3 is 12.1 Å². The van der Waals surface area contributed by atoms with Crippen molar-refractivity contribution in [2.45, 2.75) is 57.8 Å². The largest absolute Gasteiger partial charge is 0.479 e. The lowest BCUT2D eigenvalue weighted by molar-refractivity contribution is -0.151. The fourth-order valence-electron chi connectivity index (χ4n) is 2.84. The third-order valence-corrected chi connectivity index (χ3v) is 4.03. The highest BCUT2D eigenvalue weighted by Gasteiger charge is 2.33. The molecule has 0 aromatic heterocycles. The Morgan fingerprint density at radius 2 is 1.96 bits per heavy atom. The topological polar surface area (TPSA) is 76.1 Å². The van der Waals surface area contributed by atoms with Crippen LogP contribution >= 0.6 is 0 Å². The first-order chi connectivity index (χ1) is 11.8. The van der Waals surface area contributed by atoms with E-state index in [2.05, 4.69) is 0 Å². The predicted octanol–water partition coefficient (Wildman–Crippen LogP) is 3.10. The van der Waals surface area contributed by atoms with Crippen molar-refractivity contribution in [1.82, 2.24) is 4.90 Å². The summed E-state index contributed by atoms with van der Waals surface area (Å²) in [6.45, 7) is 6.29. The fourth-order valence-corrected chi connectivity index (χ4v) is 2.84. The van der Waals surface area contributed by atoms with Gasteiger partial charge in [0.2, 0.25) is 0 Å². The number of ether oxygens (including phenoxy) is 2. The fraction of sp³-hybridized carbons (Fsp3) is 0.579. The molecule has 1 N–H and O–H groups in total. The first-order valence-corrected chi connectivity index (χ1v) is 8.64. The van der Waals surface area contributed by atoms with Crippen LogP contribution in [0.25, 0.3) is 0 Å². The molecule has 1 aliphatic rings. The molecule has 0 saturated carbocycles. The summed E-state index contributed by atoms with van der Waals surface area (Å²) >= 11 is 0. The molecule has 1 heterocycles. The van der Waals surface area contributed by atoms with Crippen LogP contribution in [0.1, 0.15) is 39.2 Å². The molecule has 1 aromatic rings. The van der Waals surface area contributed by atoms with Crippen molar-refractivity contribution in [3.63, 3.8) is 0 Å². The molecule has 0 bridgehead atoms. The van der Waals surface area contributed by atoms with Gasteiger partial charge in [-0.05, 0) is 39.2 Å². The van der Waals surface area contributed by atoms with E-state index >= 15 is 0 Å². The number of hydrogen-bond acceptors (Lipinski definition) is 4. The summed E-state index contributed by atoms with van der Waals surface area (Å²) < 4.78 is 11.1. The normalized spacial score (nSPS) is 18.8. The molecule has 1 aliphatic heterocycles. The highest BCUT2D eigenvalue weighted by atomic mass is 16.6. The minimum Gasteiger partial charge on any atom is -0.479 e. The van der Waals surface area contributed by atoms with E-state index < -0.39 is 17.7 Å². The summed E-state index contributed by atoms with van der Waals surface area (Å²) in [5, 5.41) is 9.41. The molecule has 2 rings (SSSR count). The number of nitrogens with zero attached hydrogens (tertiary/aromatic N) is 1. The number of aliphatic carboxylic acids is 1. The molecule has 1 fully saturated rings. The van der Waals surface area contributed by atoms with Crippen molar-refractivity contribution in [2.24, 2.45) is 0 Å². The third kappa shape index (κ3) is 6.05. The molecule has 6 nitrogen and oxygen atoms in total. The van der Waals surface area contributed by atoms with E-state index in [4.69, 9.17) is 9.47 Å². The predicted molar refractivity (Wildman–Crippen MR) is 93.5 cm³/mol. The number of carbonyl (C=O) groups is 2. The van der Waals surface area contributed by atoms with E-state index in [1.54, 1.807) is 4.90 Å². The first-order valence-electron chi connectivity index (χ1n) is 8.64. The number of carboxylic acids is 1. The second-order valence-corrected chi connectivity index (χ2v) is 7.32.